The van der Waals surface area contributed by atoms with E-state index >= 15 is 0 Å². The molecule has 31 heavy (non-hydrogen) atoms. The Hall–Kier alpha value is -2.98. The van der Waals surface area contributed by atoms with Crippen LogP contribution in [0.3, 0.4) is 0 Å². The number of hydrazine groups is 1. The first kappa shape index (κ1) is 22.7. The normalized spacial score (nSPS) is 15.0. The minimum Gasteiger partial charge on any atom is -0.481 e. The first-order valence-electron chi connectivity index (χ1n) is 9.94. The zero-order chi connectivity index (χ0) is 22.3. The van der Waals surface area contributed by atoms with Gasteiger partial charge in [-0.1, -0.05) is 31.0 Å². The van der Waals surface area contributed by atoms with Gasteiger partial charge in [-0.2, -0.15) is 4.31 Å². The first-order chi connectivity index (χ1) is 14.9. The molecule has 2 aromatic carbocycles. The summed E-state index contributed by atoms with van der Waals surface area (Å²) in [4.78, 5) is 24.2. The lowest BCUT2D eigenvalue weighted by Crippen LogP contribution is -2.44. The number of rotatable bonds is 6. The number of halogens is 1. The smallest absolute Gasteiger partial charge is 0.276 e. The fourth-order valence-electron chi connectivity index (χ4n) is 3.17. The van der Waals surface area contributed by atoms with Crippen molar-refractivity contribution in [1.82, 2.24) is 15.2 Å². The molecule has 3 rings (SSSR count). The van der Waals surface area contributed by atoms with E-state index in [9.17, 15) is 22.4 Å². The van der Waals surface area contributed by atoms with Crippen molar-refractivity contribution in [1.29, 1.82) is 0 Å². The second kappa shape index (κ2) is 10.4. The average Bonchev–Trinajstić information content (AvgIpc) is 3.07. The molecular weight excluding hydrogens is 425 g/mol. The molecule has 1 saturated heterocycles. The predicted molar refractivity (Wildman–Crippen MR) is 111 cm³/mol. The van der Waals surface area contributed by atoms with Crippen LogP contribution < -0.4 is 15.6 Å². The highest BCUT2D eigenvalue weighted by Crippen LogP contribution is 2.21. The van der Waals surface area contributed by atoms with Gasteiger partial charge in [-0.15, -0.1) is 0 Å². The van der Waals surface area contributed by atoms with Crippen molar-refractivity contribution in [2.24, 2.45) is 0 Å². The molecule has 1 heterocycles. The summed E-state index contributed by atoms with van der Waals surface area (Å²) in [6, 6.07) is 11.3. The fraction of sp³-hybridized carbons (Fsp3) is 0.333. The van der Waals surface area contributed by atoms with Crippen LogP contribution in [0.2, 0.25) is 0 Å². The molecule has 166 valence electrons. The van der Waals surface area contributed by atoms with E-state index in [0.29, 0.717) is 13.1 Å². The van der Waals surface area contributed by atoms with Crippen LogP contribution in [0.4, 0.5) is 4.39 Å². The first-order valence-corrected chi connectivity index (χ1v) is 11.4. The number of hydrogen-bond acceptors (Lipinski definition) is 5. The Kier molecular flexibility index (Phi) is 7.59. The number of nitrogens with zero attached hydrogens (tertiary/aromatic N) is 1. The monoisotopic (exact) mass is 449 g/mol. The second-order valence-electron chi connectivity index (χ2n) is 7.07. The Balaban J connectivity index is 1.58. The standard InChI is InChI=1S/C21H24FN3O5S/c22-18-10-3-4-11-19(18)30-15-20(26)23-24-21(27)16-8-7-9-17(14-16)31(28,29)25-12-5-1-2-6-13-25/h3-4,7-11,14H,1-2,5-6,12-13,15H2,(H,23,26)(H,24,27). The van der Waals surface area contributed by atoms with Crippen LogP contribution >= 0.6 is 0 Å². The molecule has 0 bridgehead atoms. The van der Waals surface area contributed by atoms with Crippen LogP contribution in [0.25, 0.3) is 0 Å². The quantitative estimate of drug-likeness (QED) is 0.658. The van der Waals surface area contributed by atoms with Gasteiger partial charge in [0.1, 0.15) is 0 Å². The lowest BCUT2D eigenvalue weighted by Gasteiger charge is -2.20. The third kappa shape index (κ3) is 6.02. The molecule has 0 radical (unpaired) electrons. The Morgan fingerprint density at radius 1 is 0.968 bits per heavy atom. The Bertz CT molecular complexity index is 1040. The molecule has 10 heteroatoms. The van der Waals surface area contributed by atoms with Gasteiger partial charge in [0.25, 0.3) is 11.8 Å². The average molecular weight is 450 g/mol. The lowest BCUT2D eigenvalue weighted by atomic mass is 10.2. The molecule has 0 atom stereocenters. The van der Waals surface area contributed by atoms with Gasteiger partial charge in [-0.3, -0.25) is 20.4 Å². The molecule has 1 fully saturated rings. The number of amides is 2. The number of sulfonamides is 1. The van der Waals surface area contributed by atoms with Gasteiger partial charge >= 0.3 is 0 Å². The van der Waals surface area contributed by atoms with Crippen molar-refractivity contribution < 1.29 is 27.1 Å². The van der Waals surface area contributed by atoms with Crippen LogP contribution in [0.5, 0.6) is 5.75 Å². The molecular formula is C21H24FN3O5S. The van der Waals surface area contributed by atoms with Gasteiger partial charge in [-0.05, 0) is 43.2 Å². The summed E-state index contributed by atoms with van der Waals surface area (Å²) in [5.74, 6) is -2.09. The maximum atomic E-state index is 13.5. The van der Waals surface area contributed by atoms with E-state index in [1.165, 1.54) is 46.8 Å². The molecule has 0 aromatic heterocycles. The molecule has 2 aromatic rings. The summed E-state index contributed by atoms with van der Waals surface area (Å²) in [7, 11) is -3.71. The number of para-hydroxylation sites is 1. The van der Waals surface area contributed by atoms with E-state index in [1.54, 1.807) is 6.07 Å². The molecule has 0 saturated carbocycles. The summed E-state index contributed by atoms with van der Waals surface area (Å²) in [5.41, 5.74) is 4.43. The molecule has 1 aliphatic heterocycles. The fourth-order valence-corrected chi connectivity index (χ4v) is 4.73. The zero-order valence-electron chi connectivity index (χ0n) is 16.8. The van der Waals surface area contributed by atoms with Gasteiger partial charge < -0.3 is 4.74 Å². The van der Waals surface area contributed by atoms with Crippen molar-refractivity contribution in [2.75, 3.05) is 19.7 Å². The summed E-state index contributed by atoms with van der Waals surface area (Å²) in [5, 5.41) is 0. The van der Waals surface area contributed by atoms with Crippen LogP contribution in [-0.4, -0.2) is 44.2 Å². The van der Waals surface area contributed by atoms with E-state index < -0.39 is 34.3 Å². The van der Waals surface area contributed by atoms with Gasteiger partial charge in [0.15, 0.2) is 18.2 Å². The van der Waals surface area contributed by atoms with Crippen LogP contribution in [0.15, 0.2) is 53.4 Å². The van der Waals surface area contributed by atoms with E-state index in [4.69, 9.17) is 4.74 Å². The summed E-state index contributed by atoms with van der Waals surface area (Å²) in [6.07, 6.45) is 3.60. The summed E-state index contributed by atoms with van der Waals surface area (Å²) in [6.45, 7) is 0.401. The molecule has 0 unspecified atom stereocenters. The van der Waals surface area contributed by atoms with Crippen molar-refractivity contribution in [3.8, 4) is 5.75 Å². The zero-order valence-corrected chi connectivity index (χ0v) is 17.7. The highest BCUT2D eigenvalue weighted by Gasteiger charge is 2.25. The van der Waals surface area contributed by atoms with E-state index in [-0.39, 0.29) is 16.2 Å². The number of benzene rings is 2. The molecule has 2 N–H and O–H groups in total. The summed E-state index contributed by atoms with van der Waals surface area (Å²) < 4.78 is 45.8. The minimum absolute atomic E-state index is 0.0243. The molecule has 1 aliphatic rings. The van der Waals surface area contributed by atoms with E-state index in [0.717, 1.165) is 25.7 Å². The van der Waals surface area contributed by atoms with Crippen molar-refractivity contribution in [3.63, 3.8) is 0 Å². The van der Waals surface area contributed by atoms with Gasteiger partial charge in [0.2, 0.25) is 10.0 Å². The Morgan fingerprint density at radius 2 is 1.68 bits per heavy atom. The molecule has 8 nitrogen and oxygen atoms in total. The van der Waals surface area contributed by atoms with E-state index in [1.807, 2.05) is 0 Å². The van der Waals surface area contributed by atoms with Crippen molar-refractivity contribution in [2.45, 2.75) is 30.6 Å². The van der Waals surface area contributed by atoms with Crippen LogP contribution in [-0.2, 0) is 14.8 Å². The van der Waals surface area contributed by atoms with Crippen molar-refractivity contribution >= 4 is 21.8 Å². The lowest BCUT2D eigenvalue weighted by molar-refractivity contribution is -0.123. The number of nitrogens with one attached hydrogen (secondary N) is 2. The molecule has 2 amide bonds. The maximum absolute atomic E-state index is 13.5. The number of carbonyl (C=O) groups is 2. The third-order valence-corrected chi connectivity index (χ3v) is 6.70. The van der Waals surface area contributed by atoms with Gasteiger partial charge in [0.05, 0.1) is 4.90 Å². The van der Waals surface area contributed by atoms with Crippen LogP contribution in [0.1, 0.15) is 36.0 Å². The summed E-state index contributed by atoms with van der Waals surface area (Å²) >= 11 is 0. The van der Waals surface area contributed by atoms with E-state index in [2.05, 4.69) is 10.9 Å². The minimum atomic E-state index is -3.71. The molecule has 0 spiro atoms. The second-order valence-corrected chi connectivity index (χ2v) is 9.01. The highest BCUT2D eigenvalue weighted by atomic mass is 32.2. The Labute approximate surface area is 180 Å². The van der Waals surface area contributed by atoms with Crippen molar-refractivity contribution in [3.05, 3.63) is 59.9 Å². The Morgan fingerprint density at radius 3 is 2.39 bits per heavy atom. The SMILES string of the molecule is O=C(COc1ccccc1F)NNC(=O)c1cccc(S(=O)(=O)N2CCCCCC2)c1. The topological polar surface area (TPSA) is 105 Å². The molecule has 0 aliphatic carbocycles. The van der Waals surface area contributed by atoms with Gasteiger partial charge in [0, 0.05) is 18.7 Å². The highest BCUT2D eigenvalue weighted by molar-refractivity contribution is 7.89. The van der Waals surface area contributed by atoms with Gasteiger partial charge in [-0.25, -0.2) is 12.8 Å². The predicted octanol–water partition coefficient (Wildman–Crippen LogP) is 2.23. The number of carbonyl (C=O) groups excluding carboxylic acids is 2. The number of ether oxygens (including phenoxy) is 1. The maximum Gasteiger partial charge on any atom is 0.276 e. The van der Waals surface area contributed by atoms with Crippen LogP contribution in [0, 0.1) is 5.82 Å². The number of hydrogen-bond donors (Lipinski definition) is 2. The largest absolute Gasteiger partial charge is 0.481 e. The third-order valence-electron chi connectivity index (χ3n) is 4.81.